The first-order valence-corrected chi connectivity index (χ1v) is 6.16. The van der Waals surface area contributed by atoms with E-state index in [9.17, 15) is 0 Å². The molecule has 0 saturated carbocycles. The number of nitrogens with one attached hydrogen (secondary N) is 1. The lowest BCUT2D eigenvalue weighted by Crippen LogP contribution is -2.35. The molecule has 1 aliphatic rings. The molecule has 0 saturated heterocycles. The van der Waals surface area contributed by atoms with Crippen molar-refractivity contribution in [3.63, 3.8) is 0 Å². The van der Waals surface area contributed by atoms with Crippen molar-refractivity contribution < 1.29 is 0 Å². The maximum absolute atomic E-state index is 4.59. The Hall–Kier alpha value is -2.04. The minimum atomic E-state index is 0.712. The largest absolute Gasteiger partial charge is 0.351 e. The predicted molar refractivity (Wildman–Crippen MR) is 71.7 cm³/mol. The van der Waals surface area contributed by atoms with Crippen molar-refractivity contribution in [2.24, 2.45) is 4.99 Å². The van der Waals surface area contributed by atoms with E-state index in [1.807, 2.05) is 17.6 Å². The molecule has 1 N–H and O–H groups in total. The van der Waals surface area contributed by atoms with Crippen molar-refractivity contribution in [2.45, 2.75) is 13.5 Å². The molecule has 5 nitrogen and oxygen atoms in total. The van der Waals surface area contributed by atoms with Gasteiger partial charge in [-0.3, -0.25) is 4.99 Å². The highest BCUT2D eigenvalue weighted by atomic mass is 15.3. The van der Waals surface area contributed by atoms with E-state index < -0.39 is 0 Å². The van der Waals surface area contributed by atoms with Gasteiger partial charge in [-0.1, -0.05) is 0 Å². The van der Waals surface area contributed by atoms with E-state index in [1.165, 1.54) is 5.56 Å². The smallest absolute Gasteiger partial charge is 0.194 e. The van der Waals surface area contributed by atoms with Gasteiger partial charge in [-0.05, 0) is 24.6 Å². The number of hydrogen-bond donors (Lipinski definition) is 1. The van der Waals surface area contributed by atoms with E-state index in [0.717, 1.165) is 30.4 Å². The highest BCUT2D eigenvalue weighted by molar-refractivity contribution is 5.81. The maximum atomic E-state index is 4.59. The number of likely N-dealkylation sites (N-methyl/N-ethyl adjacent to an activating group) is 1. The molecule has 3 rings (SSSR count). The average molecular weight is 243 g/mol. The van der Waals surface area contributed by atoms with Gasteiger partial charge in [-0.15, -0.1) is 0 Å². The second-order valence-corrected chi connectivity index (χ2v) is 4.68. The Morgan fingerprint density at radius 3 is 3.11 bits per heavy atom. The molecule has 18 heavy (non-hydrogen) atoms. The van der Waals surface area contributed by atoms with Gasteiger partial charge in [0.1, 0.15) is 5.65 Å². The number of aryl methyl sites for hydroxylation is 1. The van der Waals surface area contributed by atoms with Crippen LogP contribution in [0.4, 0.5) is 0 Å². The van der Waals surface area contributed by atoms with E-state index in [-0.39, 0.29) is 0 Å². The Morgan fingerprint density at radius 1 is 1.44 bits per heavy atom. The van der Waals surface area contributed by atoms with Crippen LogP contribution in [0.3, 0.4) is 0 Å². The summed E-state index contributed by atoms with van der Waals surface area (Å²) in [6.45, 7) is 4.66. The SMILES string of the molecule is Cc1ccn2cc(CNC3=NCCN3C)nc2c1. The van der Waals surface area contributed by atoms with E-state index in [0.29, 0.717) is 6.54 Å². The fourth-order valence-electron chi connectivity index (χ4n) is 2.11. The van der Waals surface area contributed by atoms with Gasteiger partial charge >= 0.3 is 0 Å². The summed E-state index contributed by atoms with van der Waals surface area (Å²) in [5.41, 5.74) is 3.25. The first kappa shape index (κ1) is 11.1. The fraction of sp³-hybridized carbons (Fsp3) is 0.385. The van der Waals surface area contributed by atoms with Gasteiger partial charge in [0.05, 0.1) is 18.8 Å². The molecule has 0 unspecified atom stereocenters. The zero-order valence-corrected chi connectivity index (χ0v) is 10.7. The van der Waals surface area contributed by atoms with Gasteiger partial charge in [0.2, 0.25) is 0 Å². The fourth-order valence-corrected chi connectivity index (χ4v) is 2.11. The molecule has 0 atom stereocenters. The van der Waals surface area contributed by atoms with Crippen LogP contribution in [-0.2, 0) is 6.54 Å². The molecule has 0 aliphatic carbocycles. The van der Waals surface area contributed by atoms with Crippen LogP contribution < -0.4 is 5.32 Å². The molecular weight excluding hydrogens is 226 g/mol. The standard InChI is InChI=1S/C13H17N5/c1-10-3-5-18-9-11(16-12(18)7-10)8-15-13-14-4-6-17(13)2/h3,5,7,9H,4,6,8H2,1-2H3,(H,14,15). The van der Waals surface area contributed by atoms with E-state index in [1.54, 1.807) is 0 Å². The number of hydrogen-bond acceptors (Lipinski definition) is 4. The number of aromatic nitrogens is 2. The lowest BCUT2D eigenvalue weighted by molar-refractivity contribution is 0.533. The highest BCUT2D eigenvalue weighted by Crippen LogP contribution is 2.07. The summed E-state index contributed by atoms with van der Waals surface area (Å²) < 4.78 is 2.05. The first-order chi connectivity index (χ1) is 8.72. The van der Waals surface area contributed by atoms with Crippen LogP contribution in [0, 0.1) is 6.92 Å². The van der Waals surface area contributed by atoms with Crippen LogP contribution in [0.15, 0.2) is 29.5 Å². The Labute approximate surface area is 106 Å². The van der Waals surface area contributed by atoms with E-state index in [4.69, 9.17) is 0 Å². The first-order valence-electron chi connectivity index (χ1n) is 6.16. The third kappa shape index (κ3) is 2.03. The zero-order chi connectivity index (χ0) is 12.5. The van der Waals surface area contributed by atoms with Crippen LogP contribution in [0.2, 0.25) is 0 Å². The molecule has 0 fully saturated rings. The second kappa shape index (κ2) is 4.33. The second-order valence-electron chi connectivity index (χ2n) is 4.68. The summed E-state index contributed by atoms with van der Waals surface area (Å²) >= 11 is 0. The van der Waals surface area contributed by atoms with Gasteiger partial charge in [0, 0.05) is 26.0 Å². The minimum absolute atomic E-state index is 0.712. The van der Waals surface area contributed by atoms with Gasteiger partial charge < -0.3 is 14.6 Å². The van der Waals surface area contributed by atoms with Crippen molar-refractivity contribution in [1.82, 2.24) is 19.6 Å². The number of pyridine rings is 1. The summed E-state index contributed by atoms with van der Waals surface area (Å²) in [7, 11) is 2.05. The van der Waals surface area contributed by atoms with Crippen molar-refractivity contribution in [2.75, 3.05) is 20.1 Å². The van der Waals surface area contributed by atoms with Crippen molar-refractivity contribution >= 4 is 11.6 Å². The number of aliphatic imine (C=N–C) groups is 1. The normalized spacial score (nSPS) is 15.2. The molecule has 94 valence electrons. The number of guanidine groups is 1. The molecule has 0 spiro atoms. The summed E-state index contributed by atoms with van der Waals surface area (Å²) in [5, 5.41) is 3.32. The average Bonchev–Trinajstić information content (AvgIpc) is 2.92. The summed E-state index contributed by atoms with van der Waals surface area (Å²) in [6.07, 6.45) is 4.09. The molecule has 0 amide bonds. The van der Waals surface area contributed by atoms with Crippen LogP contribution >= 0.6 is 0 Å². The van der Waals surface area contributed by atoms with Crippen LogP contribution in [0.1, 0.15) is 11.3 Å². The van der Waals surface area contributed by atoms with Crippen molar-refractivity contribution in [1.29, 1.82) is 0 Å². The van der Waals surface area contributed by atoms with E-state index >= 15 is 0 Å². The van der Waals surface area contributed by atoms with Crippen LogP contribution in [-0.4, -0.2) is 40.4 Å². The molecule has 2 aromatic rings. The molecule has 5 heteroatoms. The molecule has 0 bridgehead atoms. The number of nitrogens with zero attached hydrogens (tertiary/aromatic N) is 4. The maximum Gasteiger partial charge on any atom is 0.194 e. The van der Waals surface area contributed by atoms with Gasteiger partial charge in [0.25, 0.3) is 0 Å². The van der Waals surface area contributed by atoms with Crippen molar-refractivity contribution in [3.8, 4) is 0 Å². The molecule has 0 radical (unpaired) electrons. The Morgan fingerprint density at radius 2 is 2.33 bits per heavy atom. The summed E-state index contributed by atoms with van der Waals surface area (Å²) in [4.78, 5) is 11.1. The quantitative estimate of drug-likeness (QED) is 0.857. The number of fused-ring (bicyclic) bond motifs is 1. The highest BCUT2D eigenvalue weighted by Gasteiger charge is 2.12. The van der Waals surface area contributed by atoms with Crippen LogP contribution in [0.25, 0.3) is 5.65 Å². The lowest BCUT2D eigenvalue weighted by Gasteiger charge is -2.14. The predicted octanol–water partition coefficient (Wildman–Crippen LogP) is 1.03. The third-order valence-corrected chi connectivity index (χ3v) is 3.15. The molecule has 3 heterocycles. The van der Waals surface area contributed by atoms with Gasteiger partial charge in [-0.2, -0.15) is 0 Å². The molecule has 2 aromatic heterocycles. The minimum Gasteiger partial charge on any atom is -0.351 e. The van der Waals surface area contributed by atoms with Gasteiger partial charge in [0.15, 0.2) is 5.96 Å². The van der Waals surface area contributed by atoms with Crippen molar-refractivity contribution in [3.05, 3.63) is 35.8 Å². The summed E-state index contributed by atoms with van der Waals surface area (Å²) in [6, 6.07) is 4.17. The van der Waals surface area contributed by atoms with E-state index in [2.05, 4.69) is 45.4 Å². The Balaban J connectivity index is 1.75. The van der Waals surface area contributed by atoms with Crippen LogP contribution in [0.5, 0.6) is 0 Å². The number of imidazole rings is 1. The molecule has 1 aliphatic heterocycles. The Kier molecular flexibility index (Phi) is 2.66. The zero-order valence-electron chi connectivity index (χ0n) is 10.7. The number of rotatable bonds is 2. The third-order valence-electron chi connectivity index (χ3n) is 3.15. The Bertz CT molecular complexity index is 598. The molecular formula is C13H17N5. The monoisotopic (exact) mass is 243 g/mol. The lowest BCUT2D eigenvalue weighted by atomic mass is 10.3. The topological polar surface area (TPSA) is 44.9 Å². The van der Waals surface area contributed by atoms with Gasteiger partial charge in [-0.25, -0.2) is 4.98 Å². The molecule has 0 aromatic carbocycles. The summed E-state index contributed by atoms with van der Waals surface area (Å²) in [5.74, 6) is 0.961.